The number of benzene rings is 1. The third kappa shape index (κ3) is 6.09. The second-order valence-corrected chi connectivity index (χ2v) is 8.00. The molecule has 1 aromatic carbocycles. The maximum Gasteiger partial charge on any atom is 0.191 e. The number of aliphatic imine (C=N–C) groups is 1. The summed E-state index contributed by atoms with van der Waals surface area (Å²) in [6, 6.07) is 12.9. The van der Waals surface area contributed by atoms with Crippen molar-refractivity contribution in [2.75, 3.05) is 38.1 Å². The van der Waals surface area contributed by atoms with Crippen molar-refractivity contribution in [1.29, 1.82) is 0 Å². The first kappa shape index (κ1) is 22.4. The van der Waals surface area contributed by atoms with Gasteiger partial charge in [-0.25, -0.2) is 4.98 Å². The predicted molar refractivity (Wildman–Crippen MR) is 126 cm³/mol. The molecule has 2 N–H and O–H groups in total. The Balaban J connectivity index is 1.48. The number of hydrogen-bond acceptors (Lipinski definition) is 4. The number of halogens is 1. The Morgan fingerprint density at radius 1 is 1.20 bits per heavy atom. The summed E-state index contributed by atoms with van der Waals surface area (Å²) >= 11 is 6.29. The number of pyridine rings is 1. The number of rotatable bonds is 8. The molecule has 1 aliphatic heterocycles. The number of anilines is 1. The Morgan fingerprint density at radius 2 is 1.93 bits per heavy atom. The van der Waals surface area contributed by atoms with E-state index in [0.29, 0.717) is 11.1 Å². The van der Waals surface area contributed by atoms with E-state index in [1.165, 1.54) is 11.1 Å². The Labute approximate surface area is 185 Å². The molecule has 1 atom stereocenters. The summed E-state index contributed by atoms with van der Waals surface area (Å²) in [6.07, 6.45) is 2.81. The molecule has 0 saturated carbocycles. The number of hydrogen-bond donors (Lipinski definition) is 2. The first-order chi connectivity index (χ1) is 14.6. The van der Waals surface area contributed by atoms with Gasteiger partial charge in [0.2, 0.25) is 0 Å². The first-order valence-electron chi connectivity index (χ1n) is 10.8. The Hall–Kier alpha value is -2.31. The topological polar surface area (TPSA) is 55.8 Å². The second-order valence-electron chi connectivity index (χ2n) is 7.59. The van der Waals surface area contributed by atoms with Crippen molar-refractivity contribution in [1.82, 2.24) is 20.5 Å². The Kier molecular flexibility index (Phi) is 8.34. The Morgan fingerprint density at radius 3 is 2.60 bits per heavy atom. The highest BCUT2D eigenvalue weighted by Gasteiger charge is 2.25. The van der Waals surface area contributed by atoms with Crippen LogP contribution in [0.15, 0.2) is 47.6 Å². The van der Waals surface area contributed by atoms with E-state index in [1.54, 1.807) is 6.20 Å². The van der Waals surface area contributed by atoms with Gasteiger partial charge in [-0.05, 0) is 42.8 Å². The molecule has 1 aliphatic rings. The summed E-state index contributed by atoms with van der Waals surface area (Å²) in [7, 11) is 1.81. The van der Waals surface area contributed by atoms with E-state index in [0.717, 1.165) is 57.5 Å². The largest absolute Gasteiger partial charge is 0.353 e. The van der Waals surface area contributed by atoms with Crippen molar-refractivity contribution in [3.05, 3.63) is 58.7 Å². The quantitative estimate of drug-likeness (QED) is 0.497. The zero-order chi connectivity index (χ0) is 21.3. The smallest absolute Gasteiger partial charge is 0.191 e. The molecule has 1 unspecified atom stereocenters. The van der Waals surface area contributed by atoms with Crippen molar-refractivity contribution in [3.8, 4) is 0 Å². The van der Waals surface area contributed by atoms with Gasteiger partial charge in [0, 0.05) is 45.5 Å². The molecule has 2 heterocycles. The lowest BCUT2D eigenvalue weighted by Gasteiger charge is -2.20. The van der Waals surface area contributed by atoms with Crippen molar-refractivity contribution in [3.63, 3.8) is 0 Å². The second kappa shape index (κ2) is 11.2. The standard InChI is InChI=1S/C23H33ClN6/c1-4-29(5-2)16-19-10-8-18(9-11-19)15-27-23(25-3)28-20-12-14-30(17-20)22-21(24)7-6-13-26-22/h6-11,13,20H,4-5,12,14-17H2,1-3H3,(H2,25,27,28). The van der Waals surface area contributed by atoms with Crippen molar-refractivity contribution in [2.45, 2.75) is 39.4 Å². The molecule has 3 rings (SSSR count). The SMILES string of the molecule is CCN(CC)Cc1ccc(CNC(=NC)NC2CCN(c3ncccc3Cl)C2)cc1. The molecule has 0 aliphatic carbocycles. The van der Waals surface area contributed by atoms with Gasteiger partial charge in [0.1, 0.15) is 5.82 Å². The molecular weight excluding hydrogens is 396 g/mol. The molecule has 0 bridgehead atoms. The van der Waals surface area contributed by atoms with Gasteiger partial charge < -0.3 is 15.5 Å². The number of aromatic nitrogens is 1. The number of nitrogens with zero attached hydrogens (tertiary/aromatic N) is 4. The van der Waals surface area contributed by atoms with Crippen molar-refractivity contribution < 1.29 is 0 Å². The summed E-state index contributed by atoms with van der Waals surface area (Å²) in [4.78, 5) is 13.5. The third-order valence-corrected chi connectivity index (χ3v) is 5.87. The molecular formula is C23H33ClN6. The van der Waals surface area contributed by atoms with Gasteiger partial charge in [0.15, 0.2) is 5.96 Å². The molecule has 0 amide bonds. The average Bonchev–Trinajstić information content (AvgIpc) is 3.24. The summed E-state index contributed by atoms with van der Waals surface area (Å²) in [6.45, 7) is 10.1. The monoisotopic (exact) mass is 428 g/mol. The zero-order valence-electron chi connectivity index (χ0n) is 18.2. The van der Waals surface area contributed by atoms with Gasteiger partial charge in [-0.2, -0.15) is 0 Å². The molecule has 30 heavy (non-hydrogen) atoms. The highest BCUT2D eigenvalue weighted by atomic mass is 35.5. The molecule has 2 aromatic rings. The van der Waals surface area contributed by atoms with Crippen LogP contribution in [-0.2, 0) is 13.1 Å². The van der Waals surface area contributed by atoms with Crippen LogP contribution in [0.3, 0.4) is 0 Å². The van der Waals surface area contributed by atoms with Crippen LogP contribution >= 0.6 is 11.6 Å². The molecule has 1 fully saturated rings. The maximum atomic E-state index is 6.29. The Bertz CT molecular complexity index is 819. The molecule has 162 valence electrons. The van der Waals surface area contributed by atoms with E-state index < -0.39 is 0 Å². The van der Waals surface area contributed by atoms with Gasteiger partial charge in [0.05, 0.1) is 5.02 Å². The van der Waals surface area contributed by atoms with Crippen LogP contribution in [0.1, 0.15) is 31.4 Å². The van der Waals surface area contributed by atoms with Crippen molar-refractivity contribution in [2.24, 2.45) is 4.99 Å². The molecule has 6 nitrogen and oxygen atoms in total. The summed E-state index contributed by atoms with van der Waals surface area (Å²) in [5.41, 5.74) is 2.60. The minimum Gasteiger partial charge on any atom is -0.353 e. The average molecular weight is 429 g/mol. The van der Waals surface area contributed by atoms with Crippen LogP contribution in [0.5, 0.6) is 0 Å². The first-order valence-corrected chi connectivity index (χ1v) is 11.1. The highest BCUT2D eigenvalue weighted by molar-refractivity contribution is 6.32. The van der Waals surface area contributed by atoms with Crippen LogP contribution in [-0.4, -0.2) is 55.1 Å². The third-order valence-electron chi connectivity index (χ3n) is 5.57. The molecule has 1 saturated heterocycles. The lowest BCUT2D eigenvalue weighted by molar-refractivity contribution is 0.296. The van der Waals surface area contributed by atoms with E-state index in [-0.39, 0.29) is 0 Å². The van der Waals surface area contributed by atoms with E-state index in [1.807, 2.05) is 19.2 Å². The predicted octanol–water partition coefficient (Wildman–Crippen LogP) is 3.52. The van der Waals surface area contributed by atoms with Crippen LogP contribution < -0.4 is 15.5 Å². The minimum absolute atomic E-state index is 0.311. The fourth-order valence-corrected chi connectivity index (χ4v) is 3.96. The summed E-state index contributed by atoms with van der Waals surface area (Å²) in [5.74, 6) is 1.68. The van der Waals surface area contributed by atoms with Gasteiger partial charge in [-0.1, -0.05) is 49.7 Å². The molecule has 0 spiro atoms. The van der Waals surface area contributed by atoms with Crippen LogP contribution in [0.4, 0.5) is 5.82 Å². The summed E-state index contributed by atoms with van der Waals surface area (Å²) in [5, 5.41) is 7.66. The van der Waals surface area contributed by atoms with E-state index in [4.69, 9.17) is 11.6 Å². The fraction of sp³-hybridized carbons (Fsp3) is 0.478. The maximum absolute atomic E-state index is 6.29. The molecule has 0 radical (unpaired) electrons. The van der Waals surface area contributed by atoms with E-state index in [2.05, 4.69) is 68.5 Å². The molecule has 7 heteroatoms. The van der Waals surface area contributed by atoms with E-state index >= 15 is 0 Å². The van der Waals surface area contributed by atoms with Crippen LogP contribution in [0, 0.1) is 0 Å². The fourth-order valence-electron chi connectivity index (χ4n) is 3.72. The lowest BCUT2D eigenvalue weighted by Crippen LogP contribution is -2.44. The van der Waals surface area contributed by atoms with Crippen molar-refractivity contribution >= 4 is 23.4 Å². The van der Waals surface area contributed by atoms with Crippen LogP contribution in [0.25, 0.3) is 0 Å². The zero-order valence-corrected chi connectivity index (χ0v) is 19.0. The van der Waals surface area contributed by atoms with Gasteiger partial charge in [0.25, 0.3) is 0 Å². The highest BCUT2D eigenvalue weighted by Crippen LogP contribution is 2.25. The number of guanidine groups is 1. The van der Waals surface area contributed by atoms with Gasteiger partial charge in [-0.15, -0.1) is 0 Å². The lowest BCUT2D eigenvalue weighted by atomic mass is 10.1. The summed E-state index contributed by atoms with van der Waals surface area (Å²) < 4.78 is 0. The molecule has 1 aromatic heterocycles. The minimum atomic E-state index is 0.311. The van der Waals surface area contributed by atoms with Gasteiger partial charge in [-0.3, -0.25) is 9.89 Å². The number of nitrogens with one attached hydrogen (secondary N) is 2. The normalized spacial score (nSPS) is 16.9. The van der Waals surface area contributed by atoms with Gasteiger partial charge >= 0.3 is 0 Å². The van der Waals surface area contributed by atoms with E-state index in [9.17, 15) is 0 Å². The van der Waals surface area contributed by atoms with Crippen LogP contribution in [0.2, 0.25) is 5.02 Å².